The molecule has 0 saturated heterocycles. The number of fused-ring (bicyclic) bond motifs is 2. The second-order valence-corrected chi connectivity index (χ2v) is 4.90. The molecule has 0 aromatic heterocycles. The lowest BCUT2D eigenvalue weighted by molar-refractivity contribution is 0.419. The zero-order valence-corrected chi connectivity index (χ0v) is 8.79. The summed E-state index contributed by atoms with van der Waals surface area (Å²) in [6.07, 6.45) is 12.9. The van der Waals surface area contributed by atoms with E-state index < -0.39 is 0 Å². The van der Waals surface area contributed by atoms with Crippen LogP contribution in [0.2, 0.25) is 0 Å². The molecule has 2 aliphatic carbocycles. The SMILES string of the molecule is CC(C)=CCCC1CC2C=CC1C2. The summed E-state index contributed by atoms with van der Waals surface area (Å²) in [5.74, 6) is 2.89. The summed E-state index contributed by atoms with van der Waals surface area (Å²) in [7, 11) is 0. The van der Waals surface area contributed by atoms with Crippen molar-refractivity contribution in [3.05, 3.63) is 23.8 Å². The van der Waals surface area contributed by atoms with E-state index in [4.69, 9.17) is 0 Å². The molecule has 3 atom stereocenters. The van der Waals surface area contributed by atoms with Crippen LogP contribution in [0.15, 0.2) is 23.8 Å². The van der Waals surface area contributed by atoms with E-state index in [0.717, 1.165) is 17.8 Å². The summed E-state index contributed by atoms with van der Waals surface area (Å²) < 4.78 is 0. The van der Waals surface area contributed by atoms with Gasteiger partial charge in [-0.15, -0.1) is 0 Å². The van der Waals surface area contributed by atoms with Gasteiger partial charge < -0.3 is 0 Å². The predicted molar refractivity (Wildman–Crippen MR) is 57.5 cm³/mol. The third-order valence-corrected chi connectivity index (χ3v) is 3.51. The molecule has 13 heavy (non-hydrogen) atoms. The van der Waals surface area contributed by atoms with Crippen LogP contribution in [0.25, 0.3) is 0 Å². The van der Waals surface area contributed by atoms with Gasteiger partial charge in [0.2, 0.25) is 0 Å². The summed E-state index contributed by atoms with van der Waals surface area (Å²) in [4.78, 5) is 0. The van der Waals surface area contributed by atoms with Crippen molar-refractivity contribution >= 4 is 0 Å². The van der Waals surface area contributed by atoms with E-state index in [2.05, 4.69) is 32.1 Å². The van der Waals surface area contributed by atoms with Crippen LogP contribution in [0.4, 0.5) is 0 Å². The van der Waals surface area contributed by atoms with Crippen molar-refractivity contribution in [2.24, 2.45) is 17.8 Å². The fourth-order valence-electron chi connectivity index (χ4n) is 2.81. The topological polar surface area (TPSA) is 0 Å². The Balaban J connectivity index is 1.78. The highest BCUT2D eigenvalue weighted by Gasteiger charge is 2.34. The summed E-state index contributed by atoms with van der Waals surface area (Å²) in [6.45, 7) is 4.39. The molecule has 0 aliphatic heterocycles. The highest BCUT2D eigenvalue weighted by atomic mass is 14.4. The van der Waals surface area contributed by atoms with E-state index in [-0.39, 0.29) is 0 Å². The summed E-state index contributed by atoms with van der Waals surface area (Å²) >= 11 is 0. The van der Waals surface area contributed by atoms with Gasteiger partial charge in [-0.05, 0) is 57.3 Å². The molecule has 2 rings (SSSR count). The zero-order chi connectivity index (χ0) is 9.26. The van der Waals surface area contributed by atoms with Crippen LogP contribution < -0.4 is 0 Å². The molecule has 3 unspecified atom stereocenters. The van der Waals surface area contributed by atoms with Gasteiger partial charge in [0.15, 0.2) is 0 Å². The van der Waals surface area contributed by atoms with Crippen LogP contribution in [0.5, 0.6) is 0 Å². The molecule has 0 N–H and O–H groups in total. The van der Waals surface area contributed by atoms with Gasteiger partial charge >= 0.3 is 0 Å². The van der Waals surface area contributed by atoms with E-state index >= 15 is 0 Å². The van der Waals surface area contributed by atoms with Gasteiger partial charge in [0.1, 0.15) is 0 Å². The summed E-state index contributed by atoms with van der Waals surface area (Å²) in [5, 5.41) is 0. The molecular formula is C13H20. The van der Waals surface area contributed by atoms with Crippen molar-refractivity contribution in [1.82, 2.24) is 0 Å². The maximum absolute atomic E-state index is 2.46. The van der Waals surface area contributed by atoms with Gasteiger partial charge in [-0.25, -0.2) is 0 Å². The lowest BCUT2D eigenvalue weighted by Gasteiger charge is -2.16. The molecule has 0 amide bonds. The second kappa shape index (κ2) is 3.69. The smallest absolute Gasteiger partial charge is 0.0199 e. The fourth-order valence-corrected chi connectivity index (χ4v) is 2.81. The Morgan fingerprint density at radius 1 is 1.31 bits per heavy atom. The largest absolute Gasteiger partial charge is 0.0859 e. The van der Waals surface area contributed by atoms with Crippen molar-refractivity contribution in [1.29, 1.82) is 0 Å². The van der Waals surface area contributed by atoms with E-state index in [1.54, 1.807) is 0 Å². The van der Waals surface area contributed by atoms with Crippen LogP contribution in [0.3, 0.4) is 0 Å². The standard InChI is InChI=1S/C13H20/c1-10(2)4-3-5-12-8-11-6-7-13(12)9-11/h4,6-7,11-13H,3,5,8-9H2,1-2H3. The number of allylic oxidation sites excluding steroid dienone is 4. The van der Waals surface area contributed by atoms with Crippen molar-refractivity contribution in [3.8, 4) is 0 Å². The molecule has 0 aromatic rings. The molecule has 1 saturated carbocycles. The van der Waals surface area contributed by atoms with E-state index in [1.165, 1.54) is 31.3 Å². The molecule has 0 heteroatoms. The Hall–Kier alpha value is -0.520. The van der Waals surface area contributed by atoms with Gasteiger partial charge in [0.05, 0.1) is 0 Å². The van der Waals surface area contributed by atoms with Crippen molar-refractivity contribution in [2.75, 3.05) is 0 Å². The second-order valence-electron chi connectivity index (χ2n) is 4.90. The minimum Gasteiger partial charge on any atom is -0.0859 e. The van der Waals surface area contributed by atoms with Crippen molar-refractivity contribution in [3.63, 3.8) is 0 Å². The first-order valence-corrected chi connectivity index (χ1v) is 5.57. The van der Waals surface area contributed by atoms with Crippen LogP contribution in [-0.4, -0.2) is 0 Å². The maximum atomic E-state index is 2.46. The summed E-state index contributed by atoms with van der Waals surface area (Å²) in [5.41, 5.74) is 1.47. The normalized spacial score (nSPS) is 35.4. The van der Waals surface area contributed by atoms with Gasteiger partial charge in [-0.1, -0.05) is 23.8 Å². The Labute approximate surface area is 81.7 Å². The number of rotatable bonds is 3. The minimum atomic E-state index is 0.940. The lowest BCUT2D eigenvalue weighted by Crippen LogP contribution is -2.05. The number of hydrogen-bond acceptors (Lipinski definition) is 0. The fraction of sp³-hybridized carbons (Fsp3) is 0.692. The molecule has 0 heterocycles. The molecule has 2 aliphatic rings. The third-order valence-electron chi connectivity index (χ3n) is 3.51. The Bertz CT molecular complexity index is 230. The van der Waals surface area contributed by atoms with Gasteiger partial charge in [-0.3, -0.25) is 0 Å². The van der Waals surface area contributed by atoms with Crippen LogP contribution in [0, 0.1) is 17.8 Å². The first kappa shape index (κ1) is 9.05. The molecule has 72 valence electrons. The third kappa shape index (κ3) is 2.04. The quantitative estimate of drug-likeness (QED) is 0.571. The van der Waals surface area contributed by atoms with Crippen LogP contribution in [-0.2, 0) is 0 Å². The molecule has 0 spiro atoms. The molecule has 0 aromatic carbocycles. The summed E-state index contributed by atoms with van der Waals surface area (Å²) in [6, 6.07) is 0. The van der Waals surface area contributed by atoms with E-state index in [1.807, 2.05) is 0 Å². The zero-order valence-electron chi connectivity index (χ0n) is 8.79. The van der Waals surface area contributed by atoms with Gasteiger partial charge in [-0.2, -0.15) is 0 Å². The Morgan fingerprint density at radius 2 is 2.15 bits per heavy atom. The molecule has 1 fully saturated rings. The first-order valence-electron chi connectivity index (χ1n) is 5.57. The molecule has 2 bridgehead atoms. The predicted octanol–water partition coefficient (Wildman–Crippen LogP) is 3.95. The minimum absolute atomic E-state index is 0.940. The van der Waals surface area contributed by atoms with E-state index in [9.17, 15) is 0 Å². The average Bonchev–Trinajstić information content (AvgIpc) is 2.64. The molecular weight excluding hydrogens is 156 g/mol. The highest BCUT2D eigenvalue weighted by Crippen LogP contribution is 2.45. The average molecular weight is 176 g/mol. The van der Waals surface area contributed by atoms with Crippen LogP contribution >= 0.6 is 0 Å². The first-order chi connectivity index (χ1) is 6.25. The maximum Gasteiger partial charge on any atom is -0.0199 e. The Kier molecular flexibility index (Phi) is 2.57. The monoisotopic (exact) mass is 176 g/mol. The molecule has 0 nitrogen and oxygen atoms in total. The lowest BCUT2D eigenvalue weighted by atomic mass is 9.89. The molecule has 0 radical (unpaired) electrons. The Morgan fingerprint density at radius 3 is 2.69 bits per heavy atom. The highest BCUT2D eigenvalue weighted by molar-refractivity contribution is 5.10. The van der Waals surface area contributed by atoms with Gasteiger partial charge in [0, 0.05) is 0 Å². The van der Waals surface area contributed by atoms with Crippen molar-refractivity contribution in [2.45, 2.75) is 39.5 Å². The number of hydrogen-bond donors (Lipinski definition) is 0. The van der Waals surface area contributed by atoms with Gasteiger partial charge in [0.25, 0.3) is 0 Å². The van der Waals surface area contributed by atoms with Crippen molar-refractivity contribution < 1.29 is 0 Å². The van der Waals surface area contributed by atoms with E-state index in [0.29, 0.717) is 0 Å². The van der Waals surface area contributed by atoms with Crippen LogP contribution in [0.1, 0.15) is 39.5 Å².